The van der Waals surface area contributed by atoms with Crippen molar-refractivity contribution >= 4 is 49.5 Å². The lowest BCUT2D eigenvalue weighted by Gasteiger charge is -2.25. The molecule has 0 saturated heterocycles. The van der Waals surface area contributed by atoms with Crippen molar-refractivity contribution in [2.45, 2.75) is 0 Å². The average molecular weight is 703 g/mol. The monoisotopic (exact) mass is 702 g/mol. The SMILES string of the molecule is c1ccc(-c2cc(-c3cccc4ccc5c(-c6ccc(N(c7ccccc7)c7ccccc7)cc6)nc6ccccc6c5c34)nc(-c3ccccc3)n2)cc1. The van der Waals surface area contributed by atoms with Gasteiger partial charge in [0.15, 0.2) is 5.82 Å². The van der Waals surface area contributed by atoms with Crippen molar-refractivity contribution < 1.29 is 0 Å². The summed E-state index contributed by atoms with van der Waals surface area (Å²) in [7, 11) is 0. The second-order valence-electron chi connectivity index (χ2n) is 13.6. The maximum atomic E-state index is 5.34. The Bertz CT molecular complexity index is 2850. The summed E-state index contributed by atoms with van der Waals surface area (Å²) >= 11 is 0. The summed E-state index contributed by atoms with van der Waals surface area (Å²) in [5.74, 6) is 0.696. The van der Waals surface area contributed by atoms with Crippen LogP contribution in [0.3, 0.4) is 0 Å². The predicted octanol–water partition coefficient (Wildman–Crippen LogP) is 13.5. The van der Waals surface area contributed by atoms with E-state index in [0.29, 0.717) is 5.82 Å². The van der Waals surface area contributed by atoms with Gasteiger partial charge in [-0.3, -0.25) is 0 Å². The quantitative estimate of drug-likeness (QED) is 0.155. The average Bonchev–Trinajstić information content (AvgIpc) is 3.27. The van der Waals surface area contributed by atoms with Crippen LogP contribution < -0.4 is 4.90 Å². The highest BCUT2D eigenvalue weighted by Crippen LogP contribution is 2.42. The summed E-state index contributed by atoms with van der Waals surface area (Å²) in [5, 5.41) is 5.65. The van der Waals surface area contributed by atoms with Gasteiger partial charge in [0.25, 0.3) is 0 Å². The van der Waals surface area contributed by atoms with Gasteiger partial charge < -0.3 is 4.90 Å². The smallest absolute Gasteiger partial charge is 0.160 e. The summed E-state index contributed by atoms with van der Waals surface area (Å²) in [6, 6.07) is 72.0. The molecule has 0 bridgehead atoms. The predicted molar refractivity (Wildman–Crippen MR) is 229 cm³/mol. The van der Waals surface area contributed by atoms with Crippen LogP contribution in [0.2, 0.25) is 0 Å². The molecule has 4 nitrogen and oxygen atoms in total. The lowest BCUT2D eigenvalue weighted by molar-refractivity contribution is 1.19. The number of pyridine rings is 1. The third-order valence-corrected chi connectivity index (χ3v) is 10.2. The fourth-order valence-corrected chi connectivity index (χ4v) is 7.68. The Balaban J connectivity index is 1.19. The second kappa shape index (κ2) is 13.8. The van der Waals surface area contributed by atoms with E-state index < -0.39 is 0 Å². The molecule has 0 aliphatic heterocycles. The molecule has 0 amide bonds. The van der Waals surface area contributed by atoms with E-state index in [2.05, 4.69) is 187 Å². The van der Waals surface area contributed by atoms with Crippen LogP contribution in [0.5, 0.6) is 0 Å². The van der Waals surface area contributed by atoms with Gasteiger partial charge in [0.2, 0.25) is 0 Å². The molecule has 0 N–H and O–H groups in total. The van der Waals surface area contributed by atoms with Crippen molar-refractivity contribution in [3.05, 3.63) is 206 Å². The van der Waals surface area contributed by atoms with Crippen LogP contribution in [0, 0.1) is 0 Å². The van der Waals surface area contributed by atoms with Crippen LogP contribution in [0.1, 0.15) is 0 Å². The van der Waals surface area contributed by atoms with Gasteiger partial charge in [0.05, 0.1) is 22.6 Å². The molecule has 2 aromatic heterocycles. The maximum Gasteiger partial charge on any atom is 0.160 e. The van der Waals surface area contributed by atoms with Crippen LogP contribution >= 0.6 is 0 Å². The number of anilines is 3. The molecule has 8 aromatic carbocycles. The van der Waals surface area contributed by atoms with Crippen molar-refractivity contribution in [2.24, 2.45) is 0 Å². The number of hydrogen-bond donors (Lipinski definition) is 0. The second-order valence-corrected chi connectivity index (χ2v) is 13.6. The van der Waals surface area contributed by atoms with E-state index in [-0.39, 0.29) is 0 Å². The molecule has 0 radical (unpaired) electrons. The minimum absolute atomic E-state index is 0.696. The molecule has 0 unspecified atom stereocenters. The zero-order chi connectivity index (χ0) is 36.6. The first kappa shape index (κ1) is 32.2. The van der Waals surface area contributed by atoms with Crippen molar-refractivity contribution in [2.75, 3.05) is 4.90 Å². The van der Waals surface area contributed by atoms with Crippen LogP contribution in [0.15, 0.2) is 206 Å². The van der Waals surface area contributed by atoms with Gasteiger partial charge in [-0.2, -0.15) is 0 Å². The first-order valence-corrected chi connectivity index (χ1v) is 18.5. The number of nitrogens with zero attached hydrogens (tertiary/aromatic N) is 4. The fourth-order valence-electron chi connectivity index (χ4n) is 7.68. The largest absolute Gasteiger partial charge is 0.311 e. The van der Waals surface area contributed by atoms with E-state index in [1.807, 2.05) is 24.3 Å². The van der Waals surface area contributed by atoms with Crippen molar-refractivity contribution in [1.29, 1.82) is 0 Å². The number of para-hydroxylation sites is 3. The highest BCUT2D eigenvalue weighted by Gasteiger charge is 2.19. The standard InChI is InChI=1S/C51H34N4/c1-5-16-35(17-6-1)46-34-47(54-51(53-46)38-18-7-2-8-19-38)43-26-15-20-36-30-33-44-49(48(36)43)42-25-13-14-27-45(42)52-50(44)37-28-31-41(32-29-37)55(39-21-9-3-10-22-39)40-23-11-4-12-24-40/h1-34H. The minimum Gasteiger partial charge on any atom is -0.311 e. The summed E-state index contributed by atoms with van der Waals surface area (Å²) in [6.07, 6.45) is 0. The lowest BCUT2D eigenvalue weighted by Crippen LogP contribution is -2.09. The summed E-state index contributed by atoms with van der Waals surface area (Å²) in [5.41, 5.74) is 11.1. The molecule has 55 heavy (non-hydrogen) atoms. The van der Waals surface area contributed by atoms with Gasteiger partial charge in [0.1, 0.15) is 0 Å². The Morgan fingerprint density at radius 1 is 0.345 bits per heavy atom. The Morgan fingerprint density at radius 3 is 1.62 bits per heavy atom. The Morgan fingerprint density at radius 2 is 0.927 bits per heavy atom. The molecule has 10 aromatic rings. The molecule has 0 aliphatic carbocycles. The number of hydrogen-bond acceptors (Lipinski definition) is 4. The molecule has 2 heterocycles. The van der Waals surface area contributed by atoms with Gasteiger partial charge >= 0.3 is 0 Å². The van der Waals surface area contributed by atoms with Crippen LogP contribution in [0.4, 0.5) is 17.1 Å². The molecule has 10 rings (SSSR count). The lowest BCUT2D eigenvalue weighted by atomic mass is 9.91. The van der Waals surface area contributed by atoms with Crippen molar-refractivity contribution in [3.8, 4) is 45.2 Å². The van der Waals surface area contributed by atoms with E-state index in [1.165, 1.54) is 0 Å². The van der Waals surface area contributed by atoms with E-state index >= 15 is 0 Å². The Hall–Kier alpha value is -7.43. The van der Waals surface area contributed by atoms with E-state index in [4.69, 9.17) is 15.0 Å². The van der Waals surface area contributed by atoms with E-state index in [1.54, 1.807) is 0 Å². The number of aromatic nitrogens is 3. The van der Waals surface area contributed by atoms with Gasteiger partial charge in [0, 0.05) is 55.5 Å². The maximum absolute atomic E-state index is 5.34. The van der Waals surface area contributed by atoms with Gasteiger partial charge in [-0.25, -0.2) is 15.0 Å². The molecule has 0 aliphatic rings. The summed E-state index contributed by atoms with van der Waals surface area (Å²) in [4.78, 5) is 18.0. The first-order chi connectivity index (χ1) is 27.3. The topological polar surface area (TPSA) is 41.9 Å². The third-order valence-electron chi connectivity index (χ3n) is 10.2. The molecule has 0 atom stereocenters. The van der Waals surface area contributed by atoms with Gasteiger partial charge in [-0.15, -0.1) is 0 Å². The highest BCUT2D eigenvalue weighted by molar-refractivity contribution is 6.25. The normalized spacial score (nSPS) is 11.3. The molecule has 0 saturated carbocycles. The summed E-state index contributed by atoms with van der Waals surface area (Å²) in [6.45, 7) is 0. The van der Waals surface area contributed by atoms with E-state index in [0.717, 1.165) is 88.8 Å². The molecular formula is C51H34N4. The number of benzene rings is 8. The van der Waals surface area contributed by atoms with Gasteiger partial charge in [-0.1, -0.05) is 158 Å². The third kappa shape index (κ3) is 5.96. The minimum atomic E-state index is 0.696. The first-order valence-electron chi connectivity index (χ1n) is 18.5. The van der Waals surface area contributed by atoms with Crippen molar-refractivity contribution in [3.63, 3.8) is 0 Å². The van der Waals surface area contributed by atoms with E-state index in [9.17, 15) is 0 Å². The zero-order valence-corrected chi connectivity index (χ0v) is 29.9. The Labute approximate surface area is 319 Å². The zero-order valence-electron chi connectivity index (χ0n) is 29.9. The molecular weight excluding hydrogens is 669 g/mol. The molecule has 4 heteroatoms. The van der Waals surface area contributed by atoms with Crippen molar-refractivity contribution in [1.82, 2.24) is 15.0 Å². The summed E-state index contributed by atoms with van der Waals surface area (Å²) < 4.78 is 0. The number of fused-ring (bicyclic) bond motifs is 5. The molecule has 258 valence electrons. The fraction of sp³-hybridized carbons (Fsp3) is 0. The Kier molecular flexibility index (Phi) is 8.12. The van der Waals surface area contributed by atoms with Crippen LogP contribution in [-0.4, -0.2) is 15.0 Å². The highest BCUT2D eigenvalue weighted by atomic mass is 15.1. The molecule has 0 fully saturated rings. The van der Waals surface area contributed by atoms with Crippen LogP contribution in [0.25, 0.3) is 77.6 Å². The van der Waals surface area contributed by atoms with Crippen LogP contribution in [-0.2, 0) is 0 Å². The molecule has 0 spiro atoms. The van der Waals surface area contributed by atoms with Gasteiger partial charge in [-0.05, 0) is 59.3 Å². The number of rotatable bonds is 7.